The zero-order chi connectivity index (χ0) is 17.7. The van der Waals surface area contributed by atoms with Crippen molar-refractivity contribution in [3.05, 3.63) is 23.2 Å². The van der Waals surface area contributed by atoms with E-state index >= 15 is 0 Å². The number of hydrogen-bond donors (Lipinski definition) is 2. The van der Waals surface area contributed by atoms with Gasteiger partial charge in [-0.2, -0.15) is 4.31 Å². The molecule has 0 radical (unpaired) electrons. The smallest absolute Gasteiger partial charge is 0.313 e. The van der Waals surface area contributed by atoms with E-state index in [0.29, 0.717) is 19.8 Å². The van der Waals surface area contributed by atoms with E-state index in [0.717, 1.165) is 0 Å². The van der Waals surface area contributed by atoms with Crippen LogP contribution in [0.25, 0.3) is 0 Å². The molecule has 132 valence electrons. The fraction of sp³-hybridized carbons (Fsp3) is 0.429. The number of anilines is 1. The maximum absolute atomic E-state index is 12.6. The number of benzene rings is 1. The Labute approximate surface area is 145 Å². The molecule has 24 heavy (non-hydrogen) atoms. The Balaban J connectivity index is 2.24. The second-order valence-electron chi connectivity index (χ2n) is 4.97. The summed E-state index contributed by atoms with van der Waals surface area (Å²) in [6.07, 6.45) is 0. The molecular weight excluding hydrogens is 358 g/mol. The van der Waals surface area contributed by atoms with Crippen LogP contribution in [-0.2, 0) is 24.3 Å². The van der Waals surface area contributed by atoms with Crippen LogP contribution in [0.5, 0.6) is 0 Å². The molecule has 2 rings (SSSR count). The Morgan fingerprint density at radius 1 is 1.25 bits per heavy atom. The van der Waals surface area contributed by atoms with E-state index in [4.69, 9.17) is 16.3 Å². The van der Waals surface area contributed by atoms with E-state index in [1.54, 1.807) is 6.92 Å². The fourth-order valence-electron chi connectivity index (χ4n) is 2.12. The number of amides is 2. The molecule has 0 aromatic heterocycles. The number of nitrogens with one attached hydrogen (secondary N) is 2. The summed E-state index contributed by atoms with van der Waals surface area (Å²) in [6, 6.07) is 3.96. The van der Waals surface area contributed by atoms with E-state index in [1.165, 1.54) is 22.5 Å². The van der Waals surface area contributed by atoms with Crippen LogP contribution in [-0.4, -0.2) is 57.4 Å². The first-order valence-electron chi connectivity index (χ1n) is 7.33. The number of carbonyl (C=O) groups excluding carboxylic acids is 2. The Morgan fingerprint density at radius 3 is 2.54 bits per heavy atom. The van der Waals surface area contributed by atoms with Gasteiger partial charge >= 0.3 is 11.8 Å². The summed E-state index contributed by atoms with van der Waals surface area (Å²) in [5.41, 5.74) is 0.0576. The lowest BCUT2D eigenvalue weighted by Crippen LogP contribution is -2.40. The van der Waals surface area contributed by atoms with Crippen LogP contribution >= 0.6 is 11.6 Å². The predicted octanol–water partition coefficient (Wildman–Crippen LogP) is 0.435. The summed E-state index contributed by atoms with van der Waals surface area (Å²) in [5, 5.41) is 4.80. The topological polar surface area (TPSA) is 105 Å². The van der Waals surface area contributed by atoms with Gasteiger partial charge in [0.15, 0.2) is 0 Å². The number of halogens is 1. The van der Waals surface area contributed by atoms with Crippen LogP contribution in [0, 0.1) is 0 Å². The SMILES string of the molecule is CCNC(=O)C(=O)Nc1cc(S(=O)(=O)N2CCOCC2)ccc1Cl. The molecule has 0 atom stereocenters. The minimum Gasteiger partial charge on any atom is -0.379 e. The first kappa shape index (κ1) is 18.7. The van der Waals surface area contributed by atoms with Gasteiger partial charge in [-0.1, -0.05) is 11.6 Å². The molecule has 2 N–H and O–H groups in total. The third-order valence-electron chi connectivity index (χ3n) is 3.34. The molecule has 1 aromatic carbocycles. The third-order valence-corrected chi connectivity index (χ3v) is 5.56. The quantitative estimate of drug-likeness (QED) is 0.743. The minimum absolute atomic E-state index is 0.0139. The maximum atomic E-state index is 12.6. The molecule has 0 aliphatic carbocycles. The summed E-state index contributed by atoms with van der Waals surface area (Å²) in [4.78, 5) is 23.2. The second kappa shape index (κ2) is 7.93. The van der Waals surface area contributed by atoms with Crippen molar-refractivity contribution in [3.8, 4) is 0 Å². The lowest BCUT2D eigenvalue weighted by Gasteiger charge is -2.26. The van der Waals surface area contributed by atoms with Crippen LogP contribution in [0.4, 0.5) is 5.69 Å². The van der Waals surface area contributed by atoms with Gasteiger partial charge in [-0.25, -0.2) is 8.42 Å². The monoisotopic (exact) mass is 375 g/mol. The predicted molar refractivity (Wildman–Crippen MR) is 88.3 cm³/mol. The number of likely N-dealkylation sites (N-methyl/N-ethyl adjacent to an activating group) is 1. The van der Waals surface area contributed by atoms with Gasteiger partial charge in [0.1, 0.15) is 0 Å². The summed E-state index contributed by atoms with van der Waals surface area (Å²) < 4.78 is 31.7. The summed E-state index contributed by atoms with van der Waals surface area (Å²) in [6.45, 7) is 3.14. The van der Waals surface area contributed by atoms with E-state index in [9.17, 15) is 18.0 Å². The third kappa shape index (κ3) is 4.23. The highest BCUT2D eigenvalue weighted by Gasteiger charge is 2.27. The molecule has 0 spiro atoms. The highest BCUT2D eigenvalue weighted by Crippen LogP contribution is 2.27. The molecule has 1 saturated heterocycles. The minimum atomic E-state index is -3.72. The largest absolute Gasteiger partial charge is 0.379 e. The Kier molecular flexibility index (Phi) is 6.16. The normalized spacial score (nSPS) is 15.8. The lowest BCUT2D eigenvalue weighted by molar-refractivity contribution is -0.136. The molecule has 1 heterocycles. The second-order valence-corrected chi connectivity index (χ2v) is 7.32. The van der Waals surface area contributed by atoms with Gasteiger partial charge in [0, 0.05) is 19.6 Å². The standard InChI is InChI=1S/C14H18ClN3O5S/c1-2-16-13(19)14(20)17-12-9-10(3-4-11(12)15)24(21,22)18-5-7-23-8-6-18/h3-4,9H,2,5-8H2,1H3,(H,16,19)(H,17,20). The fourth-order valence-corrected chi connectivity index (χ4v) is 3.72. The first-order chi connectivity index (χ1) is 11.4. The molecule has 2 amide bonds. The van der Waals surface area contributed by atoms with Gasteiger partial charge in [-0.15, -0.1) is 0 Å². The number of nitrogens with zero attached hydrogens (tertiary/aromatic N) is 1. The average Bonchev–Trinajstić information content (AvgIpc) is 2.57. The number of sulfonamides is 1. The summed E-state index contributed by atoms with van der Waals surface area (Å²) >= 11 is 5.98. The van der Waals surface area contributed by atoms with Crippen LogP contribution in [0.2, 0.25) is 5.02 Å². The van der Waals surface area contributed by atoms with E-state index in [2.05, 4.69) is 10.6 Å². The zero-order valence-corrected chi connectivity index (χ0v) is 14.6. The number of ether oxygens (including phenoxy) is 1. The van der Waals surface area contributed by atoms with Gasteiger partial charge in [-0.05, 0) is 25.1 Å². The summed E-state index contributed by atoms with van der Waals surface area (Å²) in [7, 11) is -3.72. The van der Waals surface area contributed by atoms with Crippen molar-refractivity contribution in [1.29, 1.82) is 0 Å². The molecule has 10 heteroatoms. The molecule has 0 unspecified atom stereocenters. The lowest BCUT2D eigenvalue weighted by atomic mass is 10.3. The molecular formula is C14H18ClN3O5S. The highest BCUT2D eigenvalue weighted by atomic mass is 35.5. The van der Waals surface area contributed by atoms with Crippen LogP contribution in [0.1, 0.15) is 6.92 Å². The molecule has 1 fully saturated rings. The number of morpholine rings is 1. The molecule has 1 aliphatic heterocycles. The average molecular weight is 376 g/mol. The van der Waals surface area contributed by atoms with Crippen molar-refractivity contribution in [2.75, 3.05) is 38.2 Å². The van der Waals surface area contributed by atoms with Crippen molar-refractivity contribution < 1.29 is 22.7 Å². The number of carbonyl (C=O) groups is 2. The Bertz CT molecular complexity index is 732. The van der Waals surface area contributed by atoms with Crippen molar-refractivity contribution in [1.82, 2.24) is 9.62 Å². The van der Waals surface area contributed by atoms with Gasteiger partial charge < -0.3 is 15.4 Å². The van der Waals surface area contributed by atoms with Crippen molar-refractivity contribution in [3.63, 3.8) is 0 Å². The van der Waals surface area contributed by atoms with Crippen molar-refractivity contribution >= 4 is 39.1 Å². The van der Waals surface area contributed by atoms with Crippen LogP contribution in [0.3, 0.4) is 0 Å². The Morgan fingerprint density at radius 2 is 1.92 bits per heavy atom. The van der Waals surface area contributed by atoms with Gasteiger partial charge in [0.05, 0.1) is 28.8 Å². The van der Waals surface area contributed by atoms with Crippen molar-refractivity contribution in [2.24, 2.45) is 0 Å². The van der Waals surface area contributed by atoms with Gasteiger partial charge in [-0.3, -0.25) is 9.59 Å². The van der Waals surface area contributed by atoms with Crippen LogP contribution < -0.4 is 10.6 Å². The maximum Gasteiger partial charge on any atom is 0.313 e. The van der Waals surface area contributed by atoms with E-state index in [-0.39, 0.29) is 28.7 Å². The number of rotatable bonds is 4. The Hall–Kier alpha value is -1.68. The van der Waals surface area contributed by atoms with Crippen LogP contribution in [0.15, 0.2) is 23.1 Å². The molecule has 0 saturated carbocycles. The first-order valence-corrected chi connectivity index (χ1v) is 9.14. The summed E-state index contributed by atoms with van der Waals surface area (Å²) in [5.74, 6) is -1.74. The van der Waals surface area contributed by atoms with E-state index < -0.39 is 21.8 Å². The number of hydrogen-bond acceptors (Lipinski definition) is 5. The molecule has 0 bridgehead atoms. The van der Waals surface area contributed by atoms with Crippen molar-refractivity contribution in [2.45, 2.75) is 11.8 Å². The van der Waals surface area contributed by atoms with Gasteiger partial charge in [0.25, 0.3) is 0 Å². The molecule has 1 aliphatic rings. The highest BCUT2D eigenvalue weighted by molar-refractivity contribution is 7.89. The molecule has 1 aromatic rings. The van der Waals surface area contributed by atoms with Gasteiger partial charge in [0.2, 0.25) is 10.0 Å². The van der Waals surface area contributed by atoms with E-state index in [1.807, 2.05) is 0 Å². The zero-order valence-electron chi connectivity index (χ0n) is 13.0. The molecule has 8 nitrogen and oxygen atoms in total.